The van der Waals surface area contributed by atoms with Crippen LogP contribution >= 0.6 is 15.9 Å². The molecule has 82 valence electrons. The van der Waals surface area contributed by atoms with Gasteiger partial charge in [0, 0.05) is 5.56 Å². The van der Waals surface area contributed by atoms with Crippen molar-refractivity contribution >= 4 is 15.9 Å². The van der Waals surface area contributed by atoms with E-state index in [0.717, 1.165) is 11.3 Å². The van der Waals surface area contributed by atoms with Gasteiger partial charge < -0.3 is 0 Å². The summed E-state index contributed by atoms with van der Waals surface area (Å²) in [6.07, 6.45) is 0. The number of hydrogen-bond acceptors (Lipinski definition) is 2. The highest BCUT2D eigenvalue weighted by molar-refractivity contribution is 9.10. The van der Waals surface area contributed by atoms with Gasteiger partial charge in [0.25, 0.3) is 0 Å². The summed E-state index contributed by atoms with van der Waals surface area (Å²) in [6.45, 7) is 3.55. The van der Waals surface area contributed by atoms with Crippen LogP contribution in [0.25, 0.3) is 11.3 Å². The zero-order valence-electron chi connectivity index (χ0n) is 8.96. The predicted molar refractivity (Wildman–Crippen MR) is 64.6 cm³/mol. The fraction of sp³-hybridized carbons (Fsp3) is 0.167. The van der Waals surface area contributed by atoms with Crippen LogP contribution in [0.15, 0.2) is 28.9 Å². The molecule has 1 aromatic heterocycles. The van der Waals surface area contributed by atoms with Crippen LogP contribution in [0.3, 0.4) is 0 Å². The summed E-state index contributed by atoms with van der Waals surface area (Å²) in [4.78, 5) is 8.42. The van der Waals surface area contributed by atoms with Crippen LogP contribution < -0.4 is 0 Å². The van der Waals surface area contributed by atoms with Crippen LogP contribution in [-0.2, 0) is 0 Å². The molecule has 0 bridgehead atoms. The molecule has 0 aliphatic carbocycles. The molecule has 2 aromatic rings. The van der Waals surface area contributed by atoms with E-state index in [4.69, 9.17) is 0 Å². The molecular weight excluding hydrogens is 271 g/mol. The van der Waals surface area contributed by atoms with E-state index >= 15 is 0 Å². The average Bonchev–Trinajstić information content (AvgIpc) is 2.20. The maximum atomic E-state index is 13.4. The Morgan fingerprint density at radius 2 is 1.94 bits per heavy atom. The first-order chi connectivity index (χ1) is 7.58. The lowest BCUT2D eigenvalue weighted by molar-refractivity contribution is 0.619. The van der Waals surface area contributed by atoms with Crippen molar-refractivity contribution in [2.24, 2.45) is 0 Å². The van der Waals surface area contributed by atoms with Crippen molar-refractivity contribution in [1.29, 1.82) is 0 Å². The smallest absolute Gasteiger partial charge is 0.127 e. The van der Waals surface area contributed by atoms with E-state index in [1.807, 2.05) is 13.0 Å². The number of halogens is 2. The van der Waals surface area contributed by atoms with Crippen LogP contribution in [0.2, 0.25) is 0 Å². The highest BCUT2D eigenvalue weighted by Crippen LogP contribution is 2.25. The van der Waals surface area contributed by atoms with Crippen molar-refractivity contribution in [2.45, 2.75) is 13.8 Å². The van der Waals surface area contributed by atoms with Gasteiger partial charge in [-0.15, -0.1) is 0 Å². The maximum Gasteiger partial charge on any atom is 0.127 e. The third kappa shape index (κ3) is 2.11. The van der Waals surface area contributed by atoms with E-state index < -0.39 is 0 Å². The molecule has 0 saturated heterocycles. The topological polar surface area (TPSA) is 25.8 Å². The fourth-order valence-corrected chi connectivity index (χ4v) is 2.03. The molecule has 4 heteroatoms. The second-order valence-electron chi connectivity index (χ2n) is 3.54. The summed E-state index contributed by atoms with van der Waals surface area (Å²) in [7, 11) is 0. The Morgan fingerprint density at radius 1 is 1.19 bits per heavy atom. The molecule has 0 radical (unpaired) electrons. The van der Waals surface area contributed by atoms with Crippen molar-refractivity contribution in [1.82, 2.24) is 9.97 Å². The van der Waals surface area contributed by atoms with Gasteiger partial charge in [-0.3, -0.25) is 0 Å². The SMILES string of the molecule is Cc1nc(Br)cc(-c2cccc(F)c2C)n1. The normalized spacial score (nSPS) is 10.5. The van der Waals surface area contributed by atoms with Crippen LogP contribution in [0.5, 0.6) is 0 Å². The van der Waals surface area contributed by atoms with Crippen molar-refractivity contribution in [3.8, 4) is 11.3 Å². The van der Waals surface area contributed by atoms with Gasteiger partial charge in [0.2, 0.25) is 0 Å². The fourth-order valence-electron chi connectivity index (χ4n) is 1.55. The predicted octanol–water partition coefficient (Wildman–Crippen LogP) is 3.66. The van der Waals surface area contributed by atoms with Gasteiger partial charge in [0.15, 0.2) is 0 Å². The number of nitrogens with zero attached hydrogens (tertiary/aromatic N) is 2. The average molecular weight is 281 g/mol. The third-order valence-electron chi connectivity index (χ3n) is 2.35. The molecule has 2 nitrogen and oxygen atoms in total. The van der Waals surface area contributed by atoms with E-state index in [1.54, 1.807) is 19.1 Å². The molecule has 16 heavy (non-hydrogen) atoms. The molecule has 0 amide bonds. The maximum absolute atomic E-state index is 13.4. The van der Waals surface area contributed by atoms with Gasteiger partial charge in [-0.2, -0.15) is 0 Å². The van der Waals surface area contributed by atoms with E-state index in [9.17, 15) is 4.39 Å². The van der Waals surface area contributed by atoms with Gasteiger partial charge in [-0.1, -0.05) is 12.1 Å². The van der Waals surface area contributed by atoms with Crippen molar-refractivity contribution in [2.75, 3.05) is 0 Å². The molecule has 0 saturated carbocycles. The summed E-state index contributed by atoms with van der Waals surface area (Å²) >= 11 is 3.31. The van der Waals surface area contributed by atoms with Gasteiger partial charge in [0.1, 0.15) is 16.2 Å². The Bertz CT molecular complexity index is 520. The lowest BCUT2D eigenvalue weighted by Crippen LogP contribution is -1.94. The van der Waals surface area contributed by atoms with Crippen LogP contribution in [0.4, 0.5) is 4.39 Å². The molecule has 0 aliphatic heterocycles. The summed E-state index contributed by atoms with van der Waals surface area (Å²) in [6, 6.07) is 6.77. The summed E-state index contributed by atoms with van der Waals surface area (Å²) in [5.41, 5.74) is 2.13. The first kappa shape index (κ1) is 11.2. The largest absolute Gasteiger partial charge is 0.233 e. The Balaban J connectivity index is 2.63. The summed E-state index contributed by atoms with van der Waals surface area (Å²) < 4.78 is 14.1. The Morgan fingerprint density at radius 3 is 2.62 bits per heavy atom. The monoisotopic (exact) mass is 280 g/mol. The van der Waals surface area contributed by atoms with Gasteiger partial charge in [-0.05, 0) is 47.5 Å². The van der Waals surface area contributed by atoms with E-state index in [1.165, 1.54) is 6.07 Å². The number of aryl methyl sites for hydroxylation is 1. The Labute approximate surface area is 102 Å². The van der Waals surface area contributed by atoms with Crippen molar-refractivity contribution < 1.29 is 4.39 Å². The van der Waals surface area contributed by atoms with Crippen LogP contribution in [0, 0.1) is 19.7 Å². The minimum atomic E-state index is -0.218. The number of benzene rings is 1. The molecule has 0 atom stereocenters. The second-order valence-corrected chi connectivity index (χ2v) is 4.35. The highest BCUT2D eigenvalue weighted by atomic mass is 79.9. The quantitative estimate of drug-likeness (QED) is 0.745. The van der Waals surface area contributed by atoms with E-state index in [2.05, 4.69) is 25.9 Å². The molecule has 1 heterocycles. The molecular formula is C12H10BrFN2. The number of rotatable bonds is 1. The van der Waals surface area contributed by atoms with Gasteiger partial charge in [-0.25, -0.2) is 14.4 Å². The highest BCUT2D eigenvalue weighted by Gasteiger charge is 2.08. The lowest BCUT2D eigenvalue weighted by atomic mass is 10.1. The lowest BCUT2D eigenvalue weighted by Gasteiger charge is -2.07. The minimum Gasteiger partial charge on any atom is -0.233 e. The third-order valence-corrected chi connectivity index (χ3v) is 2.76. The molecule has 2 rings (SSSR count). The van der Waals surface area contributed by atoms with Crippen LogP contribution in [0.1, 0.15) is 11.4 Å². The van der Waals surface area contributed by atoms with Gasteiger partial charge >= 0.3 is 0 Å². The van der Waals surface area contributed by atoms with Gasteiger partial charge in [0.05, 0.1) is 5.69 Å². The van der Waals surface area contributed by atoms with Crippen molar-refractivity contribution in [3.63, 3.8) is 0 Å². The number of aromatic nitrogens is 2. The zero-order valence-corrected chi connectivity index (χ0v) is 10.5. The van der Waals surface area contributed by atoms with Crippen molar-refractivity contribution in [3.05, 3.63) is 46.1 Å². The second kappa shape index (κ2) is 4.29. The zero-order chi connectivity index (χ0) is 11.7. The summed E-state index contributed by atoms with van der Waals surface area (Å²) in [5.74, 6) is 0.443. The molecule has 0 fully saturated rings. The first-order valence-electron chi connectivity index (χ1n) is 4.84. The molecule has 0 aliphatic rings. The molecule has 0 spiro atoms. The van der Waals surface area contributed by atoms with E-state index in [0.29, 0.717) is 16.0 Å². The first-order valence-corrected chi connectivity index (χ1v) is 5.64. The van der Waals surface area contributed by atoms with Crippen LogP contribution in [-0.4, -0.2) is 9.97 Å². The van der Waals surface area contributed by atoms with E-state index in [-0.39, 0.29) is 5.82 Å². The number of hydrogen-bond donors (Lipinski definition) is 0. The molecule has 1 aromatic carbocycles. The standard InChI is InChI=1S/C12H10BrFN2/c1-7-9(4-3-5-10(7)14)11-6-12(13)16-8(2)15-11/h3-6H,1-2H3. The minimum absolute atomic E-state index is 0.218. The Kier molecular flexibility index (Phi) is 3.01. The molecule has 0 N–H and O–H groups in total. The molecule has 0 unspecified atom stereocenters. The Hall–Kier alpha value is -1.29. The summed E-state index contributed by atoms with van der Waals surface area (Å²) in [5, 5.41) is 0.